The van der Waals surface area contributed by atoms with Gasteiger partial charge in [-0.1, -0.05) is 15.9 Å². The second-order valence-electron chi connectivity index (χ2n) is 2.96. The van der Waals surface area contributed by atoms with Gasteiger partial charge >= 0.3 is 0 Å². The van der Waals surface area contributed by atoms with Crippen molar-refractivity contribution in [2.75, 3.05) is 13.6 Å². The highest BCUT2D eigenvalue weighted by atomic mass is 79.9. The molecule has 0 unspecified atom stereocenters. The highest BCUT2D eigenvalue weighted by Crippen LogP contribution is 2.23. The quantitative estimate of drug-likeness (QED) is 0.775. The number of rotatable bonds is 1. The number of ether oxygens (including phenoxy) is 3. The Hall–Kier alpha value is -0.490. The summed E-state index contributed by atoms with van der Waals surface area (Å²) in [6.07, 6.45) is -0.417. The van der Waals surface area contributed by atoms with Crippen LogP contribution in [0.1, 0.15) is 17.7 Å². The molecule has 0 atom stereocenters. The van der Waals surface area contributed by atoms with Crippen molar-refractivity contribution in [1.82, 2.24) is 4.98 Å². The molecule has 0 aliphatic carbocycles. The lowest BCUT2D eigenvalue weighted by molar-refractivity contribution is -0.304. The fourth-order valence-corrected chi connectivity index (χ4v) is 1.81. The second kappa shape index (κ2) is 4.35. The van der Waals surface area contributed by atoms with Crippen molar-refractivity contribution in [1.29, 1.82) is 0 Å². The van der Waals surface area contributed by atoms with Crippen molar-refractivity contribution in [3.8, 4) is 0 Å². The smallest absolute Gasteiger partial charge is 0.205 e. The maximum absolute atomic E-state index is 5.25. The van der Waals surface area contributed by atoms with Crippen LogP contribution >= 0.6 is 15.9 Å². The van der Waals surface area contributed by atoms with Gasteiger partial charge in [-0.05, 0) is 19.1 Å². The second-order valence-corrected chi connectivity index (χ2v) is 3.87. The zero-order valence-electron chi connectivity index (χ0n) is 7.70. The summed E-state index contributed by atoms with van der Waals surface area (Å²) in [7, 11) is 0. The monoisotopic (exact) mass is 259 g/mol. The van der Waals surface area contributed by atoms with Crippen molar-refractivity contribution in [3.05, 3.63) is 28.0 Å². The minimum absolute atomic E-state index is 0.248. The van der Waals surface area contributed by atoms with Crippen molar-refractivity contribution < 1.29 is 14.2 Å². The Morgan fingerprint density at radius 1 is 1.36 bits per heavy atom. The van der Waals surface area contributed by atoms with Gasteiger partial charge in [-0.25, -0.2) is 0 Å². The fourth-order valence-electron chi connectivity index (χ4n) is 1.24. The van der Waals surface area contributed by atoms with Gasteiger partial charge < -0.3 is 14.2 Å². The highest BCUT2D eigenvalue weighted by molar-refractivity contribution is 9.10. The Morgan fingerprint density at radius 3 is 2.71 bits per heavy atom. The van der Waals surface area contributed by atoms with E-state index in [9.17, 15) is 0 Å². The molecule has 2 heterocycles. The van der Waals surface area contributed by atoms with Crippen LogP contribution in [0.5, 0.6) is 0 Å². The van der Waals surface area contributed by atoms with Crippen molar-refractivity contribution in [2.45, 2.75) is 13.2 Å². The van der Waals surface area contributed by atoms with Gasteiger partial charge in [0.05, 0.1) is 5.69 Å². The molecular formula is C9H10BrNO3. The lowest BCUT2D eigenvalue weighted by Gasteiger charge is -2.22. The summed E-state index contributed by atoms with van der Waals surface area (Å²) in [5, 5.41) is 0. The Morgan fingerprint density at radius 2 is 2.07 bits per heavy atom. The van der Waals surface area contributed by atoms with E-state index >= 15 is 0 Å². The molecule has 14 heavy (non-hydrogen) atoms. The van der Waals surface area contributed by atoms with E-state index in [4.69, 9.17) is 14.2 Å². The molecule has 1 saturated heterocycles. The van der Waals surface area contributed by atoms with E-state index in [0.717, 1.165) is 15.9 Å². The van der Waals surface area contributed by atoms with Crippen LogP contribution in [0.15, 0.2) is 16.6 Å². The van der Waals surface area contributed by atoms with Gasteiger partial charge in [0, 0.05) is 10.2 Å². The maximum Gasteiger partial charge on any atom is 0.205 e. The van der Waals surface area contributed by atoms with E-state index in [-0.39, 0.29) is 13.6 Å². The van der Waals surface area contributed by atoms with E-state index in [0.29, 0.717) is 0 Å². The highest BCUT2D eigenvalue weighted by Gasteiger charge is 2.18. The van der Waals surface area contributed by atoms with Crippen LogP contribution in [0, 0.1) is 6.92 Å². The molecule has 5 heteroatoms. The Balaban J connectivity index is 2.21. The lowest BCUT2D eigenvalue weighted by Crippen LogP contribution is -2.20. The minimum Gasteiger partial charge on any atom is -0.329 e. The number of halogens is 1. The molecule has 1 aromatic heterocycles. The number of aryl methyl sites for hydroxylation is 1. The average Bonchev–Trinajstić information content (AvgIpc) is 2.18. The summed E-state index contributed by atoms with van der Waals surface area (Å²) in [6, 6.07) is 3.81. The molecule has 0 amide bonds. The van der Waals surface area contributed by atoms with E-state index in [2.05, 4.69) is 20.9 Å². The molecule has 0 aromatic carbocycles. The van der Waals surface area contributed by atoms with Crippen molar-refractivity contribution in [2.24, 2.45) is 0 Å². The number of nitrogens with zero attached hydrogens (tertiary/aromatic N) is 1. The molecular weight excluding hydrogens is 250 g/mol. The lowest BCUT2D eigenvalue weighted by atomic mass is 10.3. The minimum atomic E-state index is -0.417. The molecule has 0 radical (unpaired) electrons. The molecule has 0 N–H and O–H groups in total. The zero-order chi connectivity index (χ0) is 9.97. The van der Waals surface area contributed by atoms with E-state index in [1.54, 1.807) is 0 Å². The third kappa shape index (κ3) is 2.30. The first-order valence-corrected chi connectivity index (χ1v) is 5.00. The summed E-state index contributed by atoms with van der Waals surface area (Å²) in [5.41, 5.74) is 1.69. The van der Waals surface area contributed by atoms with Crippen LogP contribution in [0.25, 0.3) is 0 Å². The average molecular weight is 260 g/mol. The van der Waals surface area contributed by atoms with Gasteiger partial charge in [-0.3, -0.25) is 4.98 Å². The molecule has 76 valence electrons. The molecule has 0 saturated carbocycles. The summed E-state index contributed by atoms with van der Waals surface area (Å²) in [4.78, 5) is 4.32. The van der Waals surface area contributed by atoms with Gasteiger partial charge in [0.1, 0.15) is 0 Å². The van der Waals surface area contributed by atoms with Gasteiger partial charge in [0.25, 0.3) is 0 Å². The van der Waals surface area contributed by atoms with Crippen LogP contribution in [0.3, 0.4) is 0 Å². The third-order valence-corrected chi connectivity index (χ3v) is 2.24. The first-order valence-electron chi connectivity index (χ1n) is 4.21. The Bertz CT molecular complexity index is 306. The fraction of sp³-hybridized carbons (Fsp3) is 0.444. The van der Waals surface area contributed by atoms with Crippen LogP contribution in [0.2, 0.25) is 0 Å². The number of aromatic nitrogens is 1. The first kappa shape index (κ1) is 10.0. The van der Waals surface area contributed by atoms with E-state index in [1.165, 1.54) is 0 Å². The Kier molecular flexibility index (Phi) is 3.12. The Labute approximate surface area is 90.3 Å². The predicted molar refractivity (Wildman–Crippen MR) is 52.4 cm³/mol. The van der Waals surface area contributed by atoms with Crippen molar-refractivity contribution in [3.63, 3.8) is 0 Å². The largest absolute Gasteiger partial charge is 0.329 e. The molecule has 0 bridgehead atoms. The molecule has 1 aliphatic heterocycles. The number of hydrogen-bond donors (Lipinski definition) is 0. The van der Waals surface area contributed by atoms with Gasteiger partial charge in [0.15, 0.2) is 13.6 Å². The van der Waals surface area contributed by atoms with Gasteiger partial charge in [0.2, 0.25) is 6.29 Å². The molecule has 1 fully saturated rings. The summed E-state index contributed by atoms with van der Waals surface area (Å²) < 4.78 is 16.4. The SMILES string of the molecule is Cc1cc(Br)cc(C2OCOCO2)n1. The van der Waals surface area contributed by atoms with Crippen molar-refractivity contribution >= 4 is 15.9 Å². The van der Waals surface area contributed by atoms with Gasteiger partial charge in [-0.2, -0.15) is 0 Å². The van der Waals surface area contributed by atoms with Crippen LogP contribution in [0.4, 0.5) is 0 Å². The molecule has 1 aromatic rings. The normalized spacial score (nSPS) is 18.4. The number of pyridine rings is 1. The first-order chi connectivity index (χ1) is 6.75. The molecule has 2 rings (SSSR count). The van der Waals surface area contributed by atoms with E-state index < -0.39 is 6.29 Å². The third-order valence-electron chi connectivity index (χ3n) is 1.78. The molecule has 0 spiro atoms. The van der Waals surface area contributed by atoms with E-state index in [1.807, 2.05) is 19.1 Å². The van der Waals surface area contributed by atoms with Crippen LogP contribution < -0.4 is 0 Å². The summed E-state index contributed by atoms with van der Waals surface area (Å²) in [6.45, 7) is 2.42. The molecule has 4 nitrogen and oxygen atoms in total. The maximum atomic E-state index is 5.25. The van der Waals surface area contributed by atoms with Crippen LogP contribution in [-0.4, -0.2) is 18.6 Å². The summed E-state index contributed by atoms with van der Waals surface area (Å²) >= 11 is 3.40. The standard InChI is InChI=1S/C9H10BrNO3/c1-6-2-7(10)3-8(11-6)9-13-4-12-5-14-9/h2-3,9H,4-5H2,1H3. The number of hydrogen-bond acceptors (Lipinski definition) is 4. The predicted octanol–water partition coefficient (Wildman–Crippen LogP) is 2.13. The summed E-state index contributed by atoms with van der Waals surface area (Å²) in [5.74, 6) is 0. The van der Waals surface area contributed by atoms with Crippen LogP contribution in [-0.2, 0) is 14.2 Å². The van der Waals surface area contributed by atoms with Gasteiger partial charge in [-0.15, -0.1) is 0 Å². The zero-order valence-corrected chi connectivity index (χ0v) is 9.28. The molecule has 1 aliphatic rings. The topological polar surface area (TPSA) is 40.6 Å².